The Morgan fingerprint density at radius 3 is 2.70 bits per heavy atom. The Bertz CT molecular complexity index is 239. The fourth-order valence-electron chi connectivity index (χ4n) is 0.608. The van der Waals surface area contributed by atoms with Gasteiger partial charge in [0.05, 0.1) is 5.69 Å². The van der Waals surface area contributed by atoms with Crippen LogP contribution in [0.15, 0.2) is 18.2 Å². The van der Waals surface area contributed by atoms with Crippen molar-refractivity contribution in [2.24, 2.45) is 5.84 Å². The molecule has 4 heteroatoms. The predicted molar refractivity (Wildman–Crippen MR) is 46.9 cm³/mol. The summed E-state index contributed by atoms with van der Waals surface area (Å²) in [6.45, 7) is 0. The third kappa shape index (κ3) is 1.57. The number of hydrazine groups is 1. The molecule has 2 nitrogen and oxygen atoms in total. The van der Waals surface area contributed by atoms with Gasteiger partial charge in [-0.2, -0.15) is 0 Å². The Labute approximate surface area is 71.7 Å². The molecule has 0 aliphatic carbocycles. The van der Waals surface area contributed by atoms with Gasteiger partial charge in [-0.1, -0.05) is 0 Å². The first kappa shape index (κ1) is 7.74. The second-order valence-electron chi connectivity index (χ2n) is 1.77. The van der Waals surface area contributed by atoms with E-state index < -0.39 is 0 Å². The predicted octanol–water partition coefficient (Wildman–Crippen LogP) is 1.72. The zero-order valence-corrected chi connectivity index (χ0v) is 7.22. The molecule has 10 heavy (non-hydrogen) atoms. The maximum atomic E-state index is 12.4. The first-order valence-electron chi connectivity index (χ1n) is 2.65. The lowest BCUT2D eigenvalue weighted by Gasteiger charge is -2.01. The minimum atomic E-state index is -0.284. The van der Waals surface area contributed by atoms with Crippen molar-refractivity contribution in [2.75, 3.05) is 5.43 Å². The van der Waals surface area contributed by atoms with Gasteiger partial charge >= 0.3 is 0 Å². The number of rotatable bonds is 1. The number of anilines is 1. The summed E-state index contributed by atoms with van der Waals surface area (Å²) in [6, 6.07) is 4.40. The normalized spacial score (nSPS) is 9.50. The van der Waals surface area contributed by atoms with Gasteiger partial charge in [-0.3, -0.25) is 5.84 Å². The fraction of sp³-hybridized carbons (Fsp3) is 0. The first-order chi connectivity index (χ1) is 4.74. The zero-order valence-electron chi connectivity index (χ0n) is 5.07. The number of halogens is 2. The third-order valence-electron chi connectivity index (χ3n) is 1.08. The lowest BCUT2D eigenvalue weighted by Crippen LogP contribution is -2.08. The van der Waals surface area contributed by atoms with Crippen LogP contribution < -0.4 is 11.3 Å². The van der Waals surface area contributed by atoms with E-state index in [9.17, 15) is 4.39 Å². The Hall–Kier alpha value is -0.360. The van der Waals surface area contributed by atoms with Crippen molar-refractivity contribution in [3.8, 4) is 0 Å². The van der Waals surface area contributed by atoms with E-state index in [4.69, 9.17) is 5.84 Å². The Balaban J connectivity index is 3.09. The monoisotopic (exact) mass is 252 g/mol. The Morgan fingerprint density at radius 2 is 2.20 bits per heavy atom. The molecule has 0 fully saturated rings. The van der Waals surface area contributed by atoms with Gasteiger partial charge < -0.3 is 5.43 Å². The lowest BCUT2D eigenvalue weighted by molar-refractivity contribution is 0.628. The second kappa shape index (κ2) is 3.16. The second-order valence-corrected chi connectivity index (χ2v) is 2.93. The molecule has 0 unspecified atom stereocenters. The van der Waals surface area contributed by atoms with E-state index in [1.807, 2.05) is 0 Å². The van der Waals surface area contributed by atoms with Crippen molar-refractivity contribution < 1.29 is 4.39 Å². The quantitative estimate of drug-likeness (QED) is 0.453. The van der Waals surface area contributed by atoms with Crippen molar-refractivity contribution in [1.82, 2.24) is 0 Å². The number of nitrogens with two attached hydrogens (primary N) is 1. The van der Waals surface area contributed by atoms with Gasteiger partial charge in [0, 0.05) is 3.57 Å². The van der Waals surface area contributed by atoms with Crippen molar-refractivity contribution in [3.05, 3.63) is 27.6 Å². The molecule has 3 N–H and O–H groups in total. The van der Waals surface area contributed by atoms with Crippen molar-refractivity contribution in [2.45, 2.75) is 0 Å². The zero-order chi connectivity index (χ0) is 7.56. The topological polar surface area (TPSA) is 38.0 Å². The number of nitrogens with one attached hydrogen (secondary N) is 1. The highest BCUT2D eigenvalue weighted by molar-refractivity contribution is 14.1. The summed E-state index contributed by atoms with van der Waals surface area (Å²) in [5.74, 6) is 4.81. The fourth-order valence-corrected chi connectivity index (χ4v) is 1.10. The maximum Gasteiger partial charge on any atom is 0.125 e. The SMILES string of the molecule is NNc1cc(F)ccc1I. The molecular weight excluding hydrogens is 246 g/mol. The molecule has 0 aliphatic rings. The van der Waals surface area contributed by atoms with E-state index in [1.54, 1.807) is 6.07 Å². The van der Waals surface area contributed by atoms with E-state index in [0.717, 1.165) is 3.57 Å². The summed E-state index contributed by atoms with van der Waals surface area (Å²) in [5, 5.41) is 0. The van der Waals surface area contributed by atoms with Crippen LogP contribution in [0, 0.1) is 9.39 Å². The molecular formula is C6H6FIN2. The maximum absolute atomic E-state index is 12.4. The van der Waals surface area contributed by atoms with Gasteiger partial charge in [0.1, 0.15) is 5.82 Å². The van der Waals surface area contributed by atoms with Gasteiger partial charge in [-0.15, -0.1) is 0 Å². The van der Waals surface area contributed by atoms with Crippen LogP contribution in [-0.2, 0) is 0 Å². The van der Waals surface area contributed by atoms with Crippen LogP contribution in [0.2, 0.25) is 0 Å². The number of benzene rings is 1. The molecule has 0 amide bonds. The summed E-state index contributed by atoms with van der Waals surface area (Å²) in [4.78, 5) is 0. The van der Waals surface area contributed by atoms with Crippen LogP contribution in [0.3, 0.4) is 0 Å². The van der Waals surface area contributed by atoms with E-state index in [2.05, 4.69) is 28.0 Å². The smallest absolute Gasteiger partial charge is 0.125 e. The van der Waals surface area contributed by atoms with Gasteiger partial charge in [0.2, 0.25) is 0 Å². The molecule has 54 valence electrons. The number of hydrogen-bond donors (Lipinski definition) is 2. The van der Waals surface area contributed by atoms with Crippen LogP contribution in [0.4, 0.5) is 10.1 Å². The van der Waals surface area contributed by atoms with E-state index in [0.29, 0.717) is 5.69 Å². The molecule has 0 aromatic heterocycles. The van der Waals surface area contributed by atoms with Gasteiger partial charge in [-0.25, -0.2) is 4.39 Å². The van der Waals surface area contributed by atoms with Crippen LogP contribution >= 0.6 is 22.6 Å². The third-order valence-corrected chi connectivity index (χ3v) is 2.02. The molecule has 1 aromatic carbocycles. The standard InChI is InChI=1S/C6H6FIN2/c7-4-1-2-5(8)6(3-4)10-9/h1-3,10H,9H2. The van der Waals surface area contributed by atoms with Gasteiger partial charge in [0.25, 0.3) is 0 Å². The van der Waals surface area contributed by atoms with Crippen LogP contribution in [-0.4, -0.2) is 0 Å². The minimum absolute atomic E-state index is 0.284. The molecule has 0 radical (unpaired) electrons. The lowest BCUT2D eigenvalue weighted by atomic mass is 10.3. The van der Waals surface area contributed by atoms with Gasteiger partial charge in [-0.05, 0) is 40.8 Å². The molecule has 0 saturated carbocycles. The number of hydrogen-bond acceptors (Lipinski definition) is 2. The summed E-state index contributed by atoms with van der Waals surface area (Å²) in [7, 11) is 0. The van der Waals surface area contributed by atoms with Crippen LogP contribution in [0.5, 0.6) is 0 Å². The Kier molecular flexibility index (Phi) is 2.44. The molecule has 0 bridgehead atoms. The molecule has 0 atom stereocenters. The van der Waals surface area contributed by atoms with Crippen LogP contribution in [0.1, 0.15) is 0 Å². The van der Waals surface area contributed by atoms with Gasteiger partial charge in [0.15, 0.2) is 0 Å². The van der Waals surface area contributed by atoms with E-state index in [1.165, 1.54) is 12.1 Å². The average Bonchev–Trinajstić information content (AvgIpc) is 1.94. The highest BCUT2D eigenvalue weighted by Gasteiger charge is 1.97. The molecule has 0 heterocycles. The van der Waals surface area contributed by atoms with E-state index >= 15 is 0 Å². The highest BCUT2D eigenvalue weighted by atomic mass is 127. The van der Waals surface area contributed by atoms with E-state index in [-0.39, 0.29) is 5.82 Å². The number of nitrogen functional groups attached to an aromatic ring is 1. The van der Waals surface area contributed by atoms with Crippen molar-refractivity contribution in [1.29, 1.82) is 0 Å². The average molecular weight is 252 g/mol. The highest BCUT2D eigenvalue weighted by Crippen LogP contribution is 2.17. The Morgan fingerprint density at radius 1 is 1.50 bits per heavy atom. The summed E-state index contributed by atoms with van der Waals surface area (Å²) < 4.78 is 13.3. The molecule has 1 rings (SSSR count). The van der Waals surface area contributed by atoms with Crippen LogP contribution in [0.25, 0.3) is 0 Å². The molecule has 0 spiro atoms. The largest absolute Gasteiger partial charge is 0.323 e. The van der Waals surface area contributed by atoms with Crippen molar-refractivity contribution >= 4 is 28.3 Å². The minimum Gasteiger partial charge on any atom is -0.323 e. The molecule has 0 aliphatic heterocycles. The molecule has 0 saturated heterocycles. The van der Waals surface area contributed by atoms with Crippen molar-refractivity contribution in [3.63, 3.8) is 0 Å². The molecule has 1 aromatic rings. The first-order valence-corrected chi connectivity index (χ1v) is 3.73. The summed E-state index contributed by atoms with van der Waals surface area (Å²) in [5.41, 5.74) is 3.00. The summed E-state index contributed by atoms with van der Waals surface area (Å²) in [6.07, 6.45) is 0. The summed E-state index contributed by atoms with van der Waals surface area (Å²) >= 11 is 2.07.